The molecule has 1 aliphatic carbocycles. The van der Waals surface area contributed by atoms with Crippen molar-refractivity contribution in [1.29, 1.82) is 0 Å². The van der Waals surface area contributed by atoms with Crippen LogP contribution in [0.15, 0.2) is 0 Å². The zero-order chi connectivity index (χ0) is 13.2. The fraction of sp³-hybridized carbons (Fsp3) is 1.00. The lowest BCUT2D eigenvalue weighted by atomic mass is 9.86. The molecule has 1 saturated carbocycles. The molecule has 0 bridgehead atoms. The molecule has 1 N–H and O–H groups in total. The molecule has 0 saturated heterocycles. The van der Waals surface area contributed by atoms with Crippen molar-refractivity contribution in [3.05, 3.63) is 0 Å². The van der Waals surface area contributed by atoms with Gasteiger partial charge >= 0.3 is 0 Å². The monoisotopic (exact) mass is 253 g/mol. The molecule has 108 valence electrons. The summed E-state index contributed by atoms with van der Waals surface area (Å²) in [5.41, 5.74) is 0. The molecule has 1 atom stereocenters. The first-order valence-corrected chi connectivity index (χ1v) is 8.47. The van der Waals surface area contributed by atoms with Gasteiger partial charge in [0.2, 0.25) is 0 Å². The van der Waals surface area contributed by atoms with E-state index < -0.39 is 0 Å². The SMILES string of the molecule is CCCCCCCC(CNC(C)C)C1CCCC1. The molecule has 1 fully saturated rings. The zero-order valence-electron chi connectivity index (χ0n) is 13.0. The average Bonchev–Trinajstić information content (AvgIpc) is 2.86. The molecule has 1 unspecified atom stereocenters. The molecular formula is C17H35N. The van der Waals surface area contributed by atoms with Gasteiger partial charge in [0.15, 0.2) is 0 Å². The van der Waals surface area contributed by atoms with E-state index >= 15 is 0 Å². The van der Waals surface area contributed by atoms with E-state index in [0.29, 0.717) is 6.04 Å². The molecule has 0 radical (unpaired) electrons. The molecule has 0 aromatic heterocycles. The fourth-order valence-electron chi connectivity index (χ4n) is 3.33. The zero-order valence-corrected chi connectivity index (χ0v) is 13.0. The Labute approximate surface area is 115 Å². The number of nitrogens with one attached hydrogen (secondary N) is 1. The molecule has 1 heteroatoms. The number of rotatable bonds is 10. The molecule has 1 aliphatic rings. The van der Waals surface area contributed by atoms with Crippen LogP contribution in [-0.2, 0) is 0 Å². The Kier molecular flexibility index (Phi) is 8.75. The van der Waals surface area contributed by atoms with E-state index in [-0.39, 0.29) is 0 Å². The van der Waals surface area contributed by atoms with Crippen LogP contribution in [0.2, 0.25) is 0 Å². The largest absolute Gasteiger partial charge is 0.314 e. The first-order chi connectivity index (χ1) is 8.74. The molecule has 0 amide bonds. The minimum atomic E-state index is 0.647. The maximum atomic E-state index is 3.67. The standard InChI is InChI=1S/C17H35N/c1-4-5-6-7-8-13-17(14-18-15(2)3)16-11-9-10-12-16/h15-18H,4-14H2,1-3H3. The minimum Gasteiger partial charge on any atom is -0.314 e. The van der Waals surface area contributed by atoms with Gasteiger partial charge in [-0.3, -0.25) is 0 Å². The lowest BCUT2D eigenvalue weighted by Gasteiger charge is -2.25. The molecule has 0 aliphatic heterocycles. The van der Waals surface area contributed by atoms with E-state index in [9.17, 15) is 0 Å². The first kappa shape index (κ1) is 16.0. The Bertz CT molecular complexity index is 182. The van der Waals surface area contributed by atoms with Crippen LogP contribution >= 0.6 is 0 Å². The van der Waals surface area contributed by atoms with Crippen LogP contribution in [0.5, 0.6) is 0 Å². The highest BCUT2D eigenvalue weighted by Crippen LogP contribution is 2.33. The van der Waals surface area contributed by atoms with Crippen LogP contribution < -0.4 is 5.32 Å². The van der Waals surface area contributed by atoms with Crippen molar-refractivity contribution in [3.63, 3.8) is 0 Å². The van der Waals surface area contributed by atoms with Crippen LogP contribution in [0, 0.1) is 11.8 Å². The van der Waals surface area contributed by atoms with Crippen molar-refractivity contribution in [2.45, 2.75) is 91.0 Å². The number of unbranched alkanes of at least 4 members (excludes halogenated alkanes) is 4. The molecule has 0 aromatic rings. The van der Waals surface area contributed by atoms with Gasteiger partial charge in [-0.2, -0.15) is 0 Å². The third kappa shape index (κ3) is 6.78. The highest BCUT2D eigenvalue weighted by atomic mass is 14.9. The summed E-state index contributed by atoms with van der Waals surface area (Å²) in [5, 5.41) is 3.67. The normalized spacial score (nSPS) is 18.7. The Morgan fingerprint density at radius 3 is 2.28 bits per heavy atom. The van der Waals surface area contributed by atoms with Gasteiger partial charge in [0.05, 0.1) is 0 Å². The highest BCUT2D eigenvalue weighted by molar-refractivity contribution is 4.77. The van der Waals surface area contributed by atoms with Crippen molar-refractivity contribution in [1.82, 2.24) is 5.32 Å². The quantitative estimate of drug-likeness (QED) is 0.531. The second-order valence-electron chi connectivity index (χ2n) is 6.57. The topological polar surface area (TPSA) is 12.0 Å². The van der Waals surface area contributed by atoms with E-state index in [0.717, 1.165) is 11.8 Å². The van der Waals surface area contributed by atoms with Crippen LogP contribution in [-0.4, -0.2) is 12.6 Å². The number of hydrogen-bond acceptors (Lipinski definition) is 1. The molecule has 0 aromatic carbocycles. The van der Waals surface area contributed by atoms with Crippen LogP contribution in [0.25, 0.3) is 0 Å². The van der Waals surface area contributed by atoms with E-state index in [1.54, 1.807) is 0 Å². The Hall–Kier alpha value is -0.0400. The van der Waals surface area contributed by atoms with Crippen molar-refractivity contribution in [2.24, 2.45) is 11.8 Å². The number of hydrogen-bond donors (Lipinski definition) is 1. The molecule has 1 nitrogen and oxygen atoms in total. The summed E-state index contributed by atoms with van der Waals surface area (Å²) in [5.74, 6) is 1.99. The van der Waals surface area contributed by atoms with Crippen molar-refractivity contribution >= 4 is 0 Å². The summed E-state index contributed by atoms with van der Waals surface area (Å²) in [6, 6.07) is 0.647. The highest BCUT2D eigenvalue weighted by Gasteiger charge is 2.24. The second kappa shape index (κ2) is 9.83. The Morgan fingerprint density at radius 2 is 1.67 bits per heavy atom. The summed E-state index contributed by atoms with van der Waals surface area (Å²) < 4.78 is 0. The van der Waals surface area contributed by atoms with Crippen LogP contribution in [0.1, 0.15) is 85.0 Å². The van der Waals surface area contributed by atoms with Gasteiger partial charge in [-0.25, -0.2) is 0 Å². The third-order valence-electron chi connectivity index (χ3n) is 4.53. The van der Waals surface area contributed by atoms with Gasteiger partial charge in [0, 0.05) is 6.04 Å². The Morgan fingerprint density at radius 1 is 1.00 bits per heavy atom. The van der Waals surface area contributed by atoms with Crippen molar-refractivity contribution < 1.29 is 0 Å². The lowest BCUT2D eigenvalue weighted by molar-refractivity contribution is 0.288. The van der Waals surface area contributed by atoms with Gasteiger partial charge in [0.25, 0.3) is 0 Å². The minimum absolute atomic E-state index is 0.647. The molecule has 1 rings (SSSR count). The lowest BCUT2D eigenvalue weighted by Crippen LogP contribution is -2.32. The summed E-state index contributed by atoms with van der Waals surface area (Å²) in [6.45, 7) is 8.10. The first-order valence-electron chi connectivity index (χ1n) is 8.47. The maximum Gasteiger partial charge on any atom is 0.00104 e. The van der Waals surface area contributed by atoms with E-state index in [1.165, 1.54) is 70.8 Å². The third-order valence-corrected chi connectivity index (χ3v) is 4.53. The fourth-order valence-corrected chi connectivity index (χ4v) is 3.33. The molecule has 0 spiro atoms. The van der Waals surface area contributed by atoms with Crippen molar-refractivity contribution in [3.8, 4) is 0 Å². The van der Waals surface area contributed by atoms with Crippen molar-refractivity contribution in [2.75, 3.05) is 6.54 Å². The van der Waals surface area contributed by atoms with E-state index in [4.69, 9.17) is 0 Å². The van der Waals surface area contributed by atoms with Crippen LogP contribution in [0.4, 0.5) is 0 Å². The summed E-state index contributed by atoms with van der Waals surface area (Å²) in [7, 11) is 0. The van der Waals surface area contributed by atoms with Gasteiger partial charge in [-0.1, -0.05) is 78.6 Å². The molecule has 18 heavy (non-hydrogen) atoms. The van der Waals surface area contributed by atoms with Gasteiger partial charge in [0.1, 0.15) is 0 Å². The average molecular weight is 253 g/mol. The molecular weight excluding hydrogens is 218 g/mol. The smallest absolute Gasteiger partial charge is 0.00104 e. The second-order valence-corrected chi connectivity index (χ2v) is 6.57. The summed E-state index contributed by atoms with van der Waals surface area (Å²) in [4.78, 5) is 0. The molecule has 0 heterocycles. The van der Waals surface area contributed by atoms with Crippen LogP contribution in [0.3, 0.4) is 0 Å². The van der Waals surface area contributed by atoms with Gasteiger partial charge in [-0.05, 0) is 24.8 Å². The Balaban J connectivity index is 2.20. The van der Waals surface area contributed by atoms with E-state index in [2.05, 4.69) is 26.1 Å². The maximum absolute atomic E-state index is 3.67. The predicted molar refractivity (Wildman–Crippen MR) is 82.0 cm³/mol. The van der Waals surface area contributed by atoms with Gasteiger partial charge < -0.3 is 5.32 Å². The predicted octanol–water partition coefficient (Wildman–Crippen LogP) is 5.15. The van der Waals surface area contributed by atoms with E-state index in [1.807, 2.05) is 0 Å². The van der Waals surface area contributed by atoms with Gasteiger partial charge in [-0.15, -0.1) is 0 Å². The summed E-state index contributed by atoms with van der Waals surface area (Å²) >= 11 is 0. The summed E-state index contributed by atoms with van der Waals surface area (Å²) in [6.07, 6.45) is 14.6.